The first kappa shape index (κ1) is 17.0. The van der Waals surface area contributed by atoms with Gasteiger partial charge in [0.1, 0.15) is 5.82 Å². The number of aryl methyl sites for hydroxylation is 1. The molecule has 1 aromatic heterocycles. The van der Waals surface area contributed by atoms with Gasteiger partial charge in [0, 0.05) is 17.7 Å². The molecule has 128 valence electrons. The van der Waals surface area contributed by atoms with Crippen LogP contribution in [0.4, 0.5) is 9.52 Å². The predicted molar refractivity (Wildman–Crippen MR) is 94.9 cm³/mol. The molecule has 2 N–H and O–H groups in total. The molecule has 24 heavy (non-hydrogen) atoms. The van der Waals surface area contributed by atoms with Gasteiger partial charge in [-0.05, 0) is 56.5 Å². The fraction of sp³-hybridized carbons (Fsp3) is 0.444. The molecule has 2 aromatic rings. The Bertz CT molecular complexity index is 710. The minimum atomic E-state index is -0.232. The third-order valence-corrected chi connectivity index (χ3v) is 5.41. The number of benzene rings is 1. The van der Waals surface area contributed by atoms with E-state index in [2.05, 4.69) is 15.6 Å². The van der Waals surface area contributed by atoms with Crippen molar-refractivity contribution < 1.29 is 9.18 Å². The number of aromatic nitrogens is 1. The number of carbonyl (C=O) groups is 1. The summed E-state index contributed by atoms with van der Waals surface area (Å²) in [4.78, 5) is 17.6. The summed E-state index contributed by atoms with van der Waals surface area (Å²) < 4.78 is 13.3. The molecule has 1 aliphatic heterocycles. The summed E-state index contributed by atoms with van der Waals surface area (Å²) in [7, 11) is 0. The molecule has 1 amide bonds. The van der Waals surface area contributed by atoms with Crippen LogP contribution in [-0.4, -0.2) is 24.0 Å². The average Bonchev–Trinajstić information content (AvgIpc) is 3.16. The first-order chi connectivity index (χ1) is 11.6. The van der Waals surface area contributed by atoms with Crippen LogP contribution in [0.1, 0.15) is 35.4 Å². The molecule has 1 fully saturated rings. The Morgan fingerprint density at radius 3 is 3.12 bits per heavy atom. The second kappa shape index (κ2) is 7.85. The monoisotopic (exact) mass is 347 g/mol. The van der Waals surface area contributed by atoms with Gasteiger partial charge in [0.05, 0.1) is 5.69 Å². The first-order valence-corrected chi connectivity index (χ1v) is 9.13. The highest BCUT2D eigenvalue weighted by Crippen LogP contribution is 2.26. The minimum absolute atomic E-state index is 0.0213. The summed E-state index contributed by atoms with van der Waals surface area (Å²) in [6, 6.07) is 6.58. The van der Waals surface area contributed by atoms with Gasteiger partial charge in [0.15, 0.2) is 5.13 Å². The van der Waals surface area contributed by atoms with Gasteiger partial charge in [-0.25, -0.2) is 9.37 Å². The van der Waals surface area contributed by atoms with Crippen molar-refractivity contribution >= 4 is 22.4 Å². The van der Waals surface area contributed by atoms with E-state index in [0.29, 0.717) is 23.9 Å². The number of nitrogens with one attached hydrogen (secondary N) is 2. The summed E-state index contributed by atoms with van der Waals surface area (Å²) in [6.45, 7) is 3.99. The largest absolute Gasteiger partial charge is 0.316 e. The van der Waals surface area contributed by atoms with Gasteiger partial charge in [-0.2, -0.15) is 0 Å². The summed E-state index contributed by atoms with van der Waals surface area (Å²) in [6.07, 6.45) is 3.23. The molecule has 1 aliphatic rings. The lowest BCUT2D eigenvalue weighted by Gasteiger charge is -2.06. The van der Waals surface area contributed by atoms with Crippen LogP contribution in [0.25, 0.3) is 0 Å². The van der Waals surface area contributed by atoms with Gasteiger partial charge in [0.25, 0.3) is 0 Å². The highest BCUT2D eigenvalue weighted by Gasteiger charge is 2.17. The van der Waals surface area contributed by atoms with Gasteiger partial charge in [-0.1, -0.05) is 12.1 Å². The Morgan fingerprint density at radius 1 is 1.50 bits per heavy atom. The standard InChI is InChI=1S/C18H22FN3OS/c1-12-16(10-14-3-2-4-15(19)9-14)24-18(21-12)22-17(23)6-5-13-7-8-20-11-13/h2-4,9,13,20H,5-8,10-11H2,1H3,(H,21,22,23). The normalized spacial score (nSPS) is 17.2. The summed E-state index contributed by atoms with van der Waals surface area (Å²) in [5.74, 6) is 0.398. The van der Waals surface area contributed by atoms with E-state index in [1.54, 1.807) is 6.07 Å². The molecule has 3 rings (SSSR count). The Kier molecular flexibility index (Phi) is 5.58. The number of amides is 1. The van der Waals surface area contributed by atoms with Crippen molar-refractivity contribution in [1.82, 2.24) is 10.3 Å². The molecule has 1 unspecified atom stereocenters. The number of carbonyl (C=O) groups excluding carboxylic acids is 1. The number of anilines is 1. The zero-order chi connectivity index (χ0) is 16.9. The zero-order valence-corrected chi connectivity index (χ0v) is 14.6. The van der Waals surface area contributed by atoms with Crippen LogP contribution in [0.15, 0.2) is 24.3 Å². The molecule has 1 saturated heterocycles. The maximum atomic E-state index is 13.3. The van der Waals surface area contributed by atoms with E-state index in [4.69, 9.17) is 0 Å². The smallest absolute Gasteiger partial charge is 0.226 e. The van der Waals surface area contributed by atoms with Gasteiger partial charge >= 0.3 is 0 Å². The second-order valence-electron chi connectivity index (χ2n) is 6.28. The molecule has 0 spiro atoms. The molecule has 6 heteroatoms. The Balaban J connectivity index is 1.56. The van der Waals surface area contributed by atoms with Crippen LogP contribution in [-0.2, 0) is 11.2 Å². The van der Waals surface area contributed by atoms with Crippen LogP contribution in [0.3, 0.4) is 0 Å². The maximum Gasteiger partial charge on any atom is 0.226 e. The molecule has 0 radical (unpaired) electrons. The van der Waals surface area contributed by atoms with Crippen LogP contribution in [0, 0.1) is 18.7 Å². The lowest BCUT2D eigenvalue weighted by Crippen LogP contribution is -2.14. The molecular formula is C18H22FN3OS. The van der Waals surface area contributed by atoms with Crippen LogP contribution >= 0.6 is 11.3 Å². The first-order valence-electron chi connectivity index (χ1n) is 8.31. The number of rotatable bonds is 6. The van der Waals surface area contributed by atoms with Gasteiger partial charge in [0.2, 0.25) is 5.91 Å². The quantitative estimate of drug-likeness (QED) is 0.841. The van der Waals surface area contributed by atoms with Crippen molar-refractivity contribution in [1.29, 1.82) is 0 Å². The van der Waals surface area contributed by atoms with Crippen LogP contribution in [0.5, 0.6) is 0 Å². The Labute approximate surface area is 145 Å². The van der Waals surface area contributed by atoms with E-state index in [-0.39, 0.29) is 11.7 Å². The summed E-state index contributed by atoms with van der Waals surface area (Å²) in [5, 5.41) is 6.85. The summed E-state index contributed by atoms with van der Waals surface area (Å²) in [5.41, 5.74) is 1.80. The number of halogens is 1. The second-order valence-corrected chi connectivity index (χ2v) is 7.36. The topological polar surface area (TPSA) is 54.0 Å². The third kappa shape index (κ3) is 4.61. The highest BCUT2D eigenvalue weighted by atomic mass is 32.1. The number of thiazole rings is 1. The van der Waals surface area contributed by atoms with Crippen LogP contribution < -0.4 is 10.6 Å². The number of nitrogens with zero attached hydrogens (tertiary/aromatic N) is 1. The lowest BCUT2D eigenvalue weighted by molar-refractivity contribution is -0.116. The predicted octanol–water partition coefficient (Wildman–Crippen LogP) is 3.51. The van der Waals surface area contributed by atoms with E-state index >= 15 is 0 Å². The molecule has 2 heterocycles. The molecule has 1 aromatic carbocycles. The van der Waals surface area contributed by atoms with Crippen molar-refractivity contribution in [3.05, 3.63) is 46.2 Å². The molecule has 1 atom stereocenters. The molecule has 0 aliphatic carbocycles. The van der Waals surface area contributed by atoms with E-state index in [1.807, 2.05) is 13.0 Å². The third-order valence-electron chi connectivity index (χ3n) is 4.33. The van der Waals surface area contributed by atoms with Crippen molar-refractivity contribution in [2.75, 3.05) is 18.4 Å². The average molecular weight is 347 g/mol. The van der Waals surface area contributed by atoms with Crippen molar-refractivity contribution in [2.45, 2.75) is 32.6 Å². The highest BCUT2D eigenvalue weighted by molar-refractivity contribution is 7.15. The van der Waals surface area contributed by atoms with Crippen molar-refractivity contribution in [3.63, 3.8) is 0 Å². The molecule has 0 bridgehead atoms. The Morgan fingerprint density at radius 2 is 2.38 bits per heavy atom. The van der Waals surface area contributed by atoms with E-state index < -0.39 is 0 Å². The fourth-order valence-corrected chi connectivity index (χ4v) is 3.97. The van der Waals surface area contributed by atoms with Crippen molar-refractivity contribution in [2.24, 2.45) is 5.92 Å². The molecular weight excluding hydrogens is 325 g/mol. The SMILES string of the molecule is Cc1nc(NC(=O)CCC2CCNC2)sc1Cc1cccc(F)c1. The van der Waals surface area contributed by atoms with Crippen molar-refractivity contribution in [3.8, 4) is 0 Å². The van der Waals surface area contributed by atoms with Gasteiger partial charge < -0.3 is 10.6 Å². The Hall–Kier alpha value is -1.79. The van der Waals surface area contributed by atoms with Gasteiger partial charge in [-0.15, -0.1) is 11.3 Å². The van der Waals surface area contributed by atoms with Crippen LogP contribution in [0.2, 0.25) is 0 Å². The van der Waals surface area contributed by atoms with E-state index in [0.717, 1.165) is 42.1 Å². The van der Waals surface area contributed by atoms with Gasteiger partial charge in [-0.3, -0.25) is 4.79 Å². The minimum Gasteiger partial charge on any atom is -0.316 e. The van der Waals surface area contributed by atoms with E-state index in [9.17, 15) is 9.18 Å². The number of hydrogen-bond acceptors (Lipinski definition) is 4. The molecule has 4 nitrogen and oxygen atoms in total. The zero-order valence-electron chi connectivity index (χ0n) is 13.8. The lowest BCUT2D eigenvalue weighted by atomic mass is 10.0. The summed E-state index contributed by atoms with van der Waals surface area (Å²) >= 11 is 1.47. The number of hydrogen-bond donors (Lipinski definition) is 2. The fourth-order valence-electron chi connectivity index (χ4n) is 2.96. The maximum absolute atomic E-state index is 13.3. The van der Waals surface area contributed by atoms with E-state index in [1.165, 1.54) is 23.5 Å². The molecule has 0 saturated carbocycles.